The van der Waals surface area contributed by atoms with E-state index in [1.54, 1.807) is 0 Å². The number of methoxy groups -OCH3 is 1. The van der Waals surface area contributed by atoms with Crippen LogP contribution in [-0.2, 0) is 4.74 Å². The Labute approximate surface area is 197 Å². The van der Waals surface area contributed by atoms with Gasteiger partial charge < -0.3 is 15.4 Å². The molecular formula is C29H34N2O2. The van der Waals surface area contributed by atoms with Crippen molar-refractivity contribution in [3.05, 3.63) is 71.3 Å². The van der Waals surface area contributed by atoms with Gasteiger partial charge in [-0.2, -0.15) is 0 Å². The van der Waals surface area contributed by atoms with E-state index >= 15 is 0 Å². The molecular weight excluding hydrogens is 408 g/mol. The average Bonchev–Trinajstić information content (AvgIpc) is 3.63. The summed E-state index contributed by atoms with van der Waals surface area (Å²) in [6.45, 7) is 9.36. The second kappa shape index (κ2) is 9.70. The van der Waals surface area contributed by atoms with Gasteiger partial charge in [-0.1, -0.05) is 30.3 Å². The summed E-state index contributed by atoms with van der Waals surface area (Å²) in [4.78, 5) is 12.9. The summed E-state index contributed by atoms with van der Waals surface area (Å²) in [5.74, 6) is 0.518. The molecule has 0 aliphatic heterocycles. The summed E-state index contributed by atoms with van der Waals surface area (Å²) in [5.41, 5.74) is 8.93. The zero-order valence-corrected chi connectivity index (χ0v) is 20.3. The van der Waals surface area contributed by atoms with Gasteiger partial charge in [-0.3, -0.25) is 0 Å². The van der Waals surface area contributed by atoms with E-state index in [0.717, 1.165) is 57.2 Å². The van der Waals surface area contributed by atoms with E-state index < -0.39 is 0 Å². The topological polar surface area (TPSA) is 50.4 Å². The Morgan fingerprint density at radius 3 is 2.15 bits per heavy atom. The number of esters is 1. The van der Waals surface area contributed by atoms with Crippen LogP contribution in [0.4, 0.5) is 11.4 Å². The summed E-state index contributed by atoms with van der Waals surface area (Å²) in [7, 11) is 1.45. The fourth-order valence-electron chi connectivity index (χ4n) is 4.36. The van der Waals surface area contributed by atoms with E-state index in [4.69, 9.17) is 4.74 Å². The summed E-state index contributed by atoms with van der Waals surface area (Å²) < 4.78 is 5.22. The van der Waals surface area contributed by atoms with Crippen molar-refractivity contribution < 1.29 is 9.53 Å². The molecule has 1 saturated carbocycles. The van der Waals surface area contributed by atoms with Gasteiger partial charge in [0.1, 0.15) is 0 Å². The SMILES string of the molecule is COC(=O)c1c(C)c(-c2ccc(NC(C)C)cc2)cc(C)c1-c1ccc(NCC2CC2)cc1. The Morgan fingerprint density at radius 2 is 1.58 bits per heavy atom. The zero-order chi connectivity index (χ0) is 23.5. The predicted molar refractivity (Wildman–Crippen MR) is 138 cm³/mol. The Balaban J connectivity index is 1.72. The number of hydrogen-bond acceptors (Lipinski definition) is 4. The van der Waals surface area contributed by atoms with Gasteiger partial charge in [0, 0.05) is 24.0 Å². The van der Waals surface area contributed by atoms with Crippen molar-refractivity contribution in [2.45, 2.75) is 46.6 Å². The van der Waals surface area contributed by atoms with Crippen molar-refractivity contribution in [2.75, 3.05) is 24.3 Å². The maximum absolute atomic E-state index is 12.9. The largest absolute Gasteiger partial charge is 0.465 e. The normalized spacial score (nSPS) is 13.2. The maximum atomic E-state index is 12.9. The van der Waals surface area contributed by atoms with Crippen molar-refractivity contribution in [3.8, 4) is 22.3 Å². The summed E-state index contributed by atoms with van der Waals surface area (Å²) in [6.07, 6.45) is 2.66. The molecule has 4 heteroatoms. The first-order valence-electron chi connectivity index (χ1n) is 11.8. The van der Waals surface area contributed by atoms with Crippen LogP contribution in [-0.4, -0.2) is 25.7 Å². The molecule has 4 nitrogen and oxygen atoms in total. The van der Waals surface area contributed by atoms with Gasteiger partial charge in [-0.05, 0) is 104 Å². The van der Waals surface area contributed by atoms with E-state index in [1.165, 1.54) is 20.0 Å². The van der Waals surface area contributed by atoms with Gasteiger partial charge in [0.25, 0.3) is 0 Å². The molecule has 0 heterocycles. The highest BCUT2D eigenvalue weighted by Gasteiger charge is 2.23. The van der Waals surface area contributed by atoms with E-state index in [1.807, 2.05) is 6.92 Å². The molecule has 33 heavy (non-hydrogen) atoms. The second-order valence-electron chi connectivity index (χ2n) is 9.39. The number of aryl methyl sites for hydroxylation is 1. The van der Waals surface area contributed by atoms with Crippen LogP contribution in [0.15, 0.2) is 54.6 Å². The number of hydrogen-bond donors (Lipinski definition) is 2. The molecule has 0 amide bonds. The highest BCUT2D eigenvalue weighted by Crippen LogP contribution is 2.37. The number of anilines is 2. The van der Waals surface area contributed by atoms with Gasteiger partial charge in [-0.25, -0.2) is 4.79 Å². The van der Waals surface area contributed by atoms with Crippen LogP contribution in [0.1, 0.15) is 48.2 Å². The third kappa shape index (κ3) is 5.22. The quantitative estimate of drug-likeness (QED) is 0.366. The molecule has 4 rings (SSSR count). The predicted octanol–water partition coefficient (Wildman–Crippen LogP) is 7.07. The van der Waals surface area contributed by atoms with Crippen molar-refractivity contribution in [1.29, 1.82) is 0 Å². The molecule has 0 bridgehead atoms. The first kappa shape index (κ1) is 22.9. The smallest absolute Gasteiger partial charge is 0.338 e. The van der Waals surface area contributed by atoms with E-state index in [-0.39, 0.29) is 5.97 Å². The molecule has 0 unspecified atom stereocenters. The molecule has 1 aliphatic carbocycles. The van der Waals surface area contributed by atoms with E-state index in [2.05, 4.69) is 86.0 Å². The van der Waals surface area contributed by atoms with Crippen LogP contribution in [0.25, 0.3) is 22.3 Å². The summed E-state index contributed by atoms with van der Waals surface area (Å²) >= 11 is 0. The van der Waals surface area contributed by atoms with Crippen LogP contribution in [0, 0.1) is 19.8 Å². The second-order valence-corrected chi connectivity index (χ2v) is 9.39. The van der Waals surface area contributed by atoms with E-state index in [0.29, 0.717) is 11.6 Å². The van der Waals surface area contributed by atoms with Gasteiger partial charge >= 0.3 is 5.97 Å². The fraction of sp³-hybridized carbons (Fsp3) is 0.345. The first-order valence-corrected chi connectivity index (χ1v) is 11.8. The Kier molecular flexibility index (Phi) is 6.73. The Hall–Kier alpha value is -3.27. The first-order chi connectivity index (χ1) is 15.9. The summed E-state index contributed by atoms with van der Waals surface area (Å²) in [5, 5.41) is 6.93. The third-order valence-corrected chi connectivity index (χ3v) is 6.29. The molecule has 0 aromatic heterocycles. The molecule has 0 saturated heterocycles. The standard InChI is InChI=1S/C29H34N2O2/c1-18(2)31-25-14-8-22(9-15-25)26-16-19(3)27(28(20(26)4)29(32)33-5)23-10-12-24(13-11-23)30-17-21-6-7-21/h8-16,18,21,30-31H,6-7,17H2,1-5H3. The van der Waals surface area contributed by atoms with Crippen LogP contribution < -0.4 is 10.6 Å². The van der Waals surface area contributed by atoms with Gasteiger partial charge in [0.2, 0.25) is 0 Å². The van der Waals surface area contributed by atoms with Crippen molar-refractivity contribution in [2.24, 2.45) is 5.92 Å². The molecule has 3 aromatic rings. The summed E-state index contributed by atoms with van der Waals surface area (Å²) in [6, 6.07) is 19.3. The number of carbonyl (C=O) groups excluding carboxylic acids is 1. The van der Waals surface area contributed by atoms with Crippen molar-refractivity contribution >= 4 is 17.3 Å². The van der Waals surface area contributed by atoms with Gasteiger partial charge in [0.05, 0.1) is 12.7 Å². The molecule has 2 N–H and O–H groups in total. The van der Waals surface area contributed by atoms with Crippen LogP contribution in [0.5, 0.6) is 0 Å². The minimum atomic E-state index is -0.304. The number of ether oxygens (including phenoxy) is 1. The van der Waals surface area contributed by atoms with E-state index in [9.17, 15) is 4.79 Å². The molecule has 3 aromatic carbocycles. The molecule has 0 atom stereocenters. The molecule has 0 spiro atoms. The highest BCUT2D eigenvalue weighted by atomic mass is 16.5. The van der Waals surface area contributed by atoms with Crippen LogP contribution in [0.2, 0.25) is 0 Å². The lowest BCUT2D eigenvalue weighted by atomic mass is 9.86. The number of carbonyl (C=O) groups is 1. The lowest BCUT2D eigenvalue weighted by Gasteiger charge is -2.19. The number of benzene rings is 3. The van der Waals surface area contributed by atoms with Crippen molar-refractivity contribution in [1.82, 2.24) is 0 Å². The molecule has 1 aliphatic rings. The Bertz CT molecular complexity index is 1130. The number of nitrogens with one attached hydrogen (secondary N) is 2. The minimum Gasteiger partial charge on any atom is -0.465 e. The number of rotatable bonds is 8. The van der Waals surface area contributed by atoms with Crippen LogP contribution >= 0.6 is 0 Å². The van der Waals surface area contributed by atoms with Gasteiger partial charge in [-0.15, -0.1) is 0 Å². The lowest BCUT2D eigenvalue weighted by Crippen LogP contribution is -2.10. The highest BCUT2D eigenvalue weighted by molar-refractivity contribution is 6.02. The van der Waals surface area contributed by atoms with Crippen LogP contribution in [0.3, 0.4) is 0 Å². The Morgan fingerprint density at radius 1 is 0.970 bits per heavy atom. The molecule has 0 radical (unpaired) electrons. The average molecular weight is 443 g/mol. The third-order valence-electron chi connectivity index (χ3n) is 6.29. The molecule has 172 valence electrons. The zero-order valence-electron chi connectivity index (χ0n) is 20.3. The molecule has 1 fully saturated rings. The minimum absolute atomic E-state index is 0.304. The fourth-order valence-corrected chi connectivity index (χ4v) is 4.36. The maximum Gasteiger partial charge on any atom is 0.338 e. The van der Waals surface area contributed by atoms with Gasteiger partial charge in [0.15, 0.2) is 0 Å². The van der Waals surface area contributed by atoms with Crippen molar-refractivity contribution in [3.63, 3.8) is 0 Å². The lowest BCUT2D eigenvalue weighted by molar-refractivity contribution is 0.0601. The monoisotopic (exact) mass is 442 g/mol.